The van der Waals surface area contributed by atoms with Gasteiger partial charge in [-0.25, -0.2) is 8.78 Å². The van der Waals surface area contributed by atoms with Gasteiger partial charge in [-0.05, 0) is 49.4 Å². The molecular formula is C22H23F2N3O2. The molecule has 0 saturated carbocycles. The van der Waals surface area contributed by atoms with Gasteiger partial charge >= 0.3 is 0 Å². The average molecular weight is 399 g/mol. The van der Waals surface area contributed by atoms with Crippen LogP contribution in [0.15, 0.2) is 48.5 Å². The maximum atomic E-state index is 13.7. The number of anilines is 1. The van der Waals surface area contributed by atoms with Crippen molar-refractivity contribution in [2.75, 3.05) is 38.1 Å². The van der Waals surface area contributed by atoms with Crippen LogP contribution in [0.3, 0.4) is 0 Å². The first-order chi connectivity index (χ1) is 13.9. The Bertz CT molecular complexity index is 951. The van der Waals surface area contributed by atoms with Crippen LogP contribution < -0.4 is 4.90 Å². The molecule has 0 unspecified atom stereocenters. The van der Waals surface area contributed by atoms with Crippen molar-refractivity contribution in [2.24, 2.45) is 0 Å². The van der Waals surface area contributed by atoms with Crippen molar-refractivity contribution in [3.63, 3.8) is 0 Å². The lowest BCUT2D eigenvalue weighted by Gasteiger charge is -2.46. The second-order valence-corrected chi connectivity index (χ2v) is 7.91. The van der Waals surface area contributed by atoms with E-state index in [2.05, 4.69) is 0 Å². The van der Waals surface area contributed by atoms with Gasteiger partial charge in [-0.15, -0.1) is 0 Å². The molecule has 2 amide bonds. The van der Waals surface area contributed by atoms with Crippen molar-refractivity contribution in [3.8, 4) is 0 Å². The predicted molar refractivity (Wildman–Crippen MR) is 105 cm³/mol. The molecular weight excluding hydrogens is 376 g/mol. The number of nitrogens with zero attached hydrogens (tertiary/aromatic N) is 3. The van der Waals surface area contributed by atoms with Gasteiger partial charge in [-0.2, -0.15) is 0 Å². The molecule has 0 radical (unpaired) electrons. The third-order valence-corrected chi connectivity index (χ3v) is 5.98. The standard InChI is InChI=1S/C22H23F2N3O2/c1-25-13-21(29)27(19-7-3-6-18(24)12-19)15-22(25)8-9-26(14-22)20(28)11-16-4-2-5-17(23)10-16/h2-7,10,12H,8-9,11,13-15H2,1H3/t22-/m1/s1. The van der Waals surface area contributed by atoms with E-state index in [4.69, 9.17) is 0 Å². The van der Waals surface area contributed by atoms with Crippen molar-refractivity contribution < 1.29 is 18.4 Å². The number of likely N-dealkylation sites (tertiary alicyclic amines) is 1. The summed E-state index contributed by atoms with van der Waals surface area (Å²) in [5, 5.41) is 0. The van der Waals surface area contributed by atoms with Crippen LogP contribution in [0.1, 0.15) is 12.0 Å². The normalized spacial score (nSPS) is 22.5. The SMILES string of the molecule is CN1CC(=O)N(c2cccc(F)c2)C[C@]12CCN(C(=O)Cc1cccc(F)c1)C2. The summed E-state index contributed by atoms with van der Waals surface area (Å²) in [5.74, 6) is -0.894. The number of hydrogen-bond donors (Lipinski definition) is 0. The molecule has 4 rings (SSSR count). The molecule has 152 valence electrons. The Hall–Kier alpha value is -2.80. The molecule has 2 saturated heterocycles. The van der Waals surface area contributed by atoms with Gasteiger partial charge in [0.2, 0.25) is 11.8 Å². The minimum absolute atomic E-state index is 0.0601. The first-order valence-electron chi connectivity index (χ1n) is 9.66. The third kappa shape index (κ3) is 3.87. The maximum Gasteiger partial charge on any atom is 0.241 e. The van der Waals surface area contributed by atoms with E-state index in [0.29, 0.717) is 30.9 Å². The number of amides is 2. The topological polar surface area (TPSA) is 43.9 Å². The van der Waals surface area contributed by atoms with Crippen LogP contribution in [0.2, 0.25) is 0 Å². The molecule has 0 bridgehead atoms. The molecule has 1 atom stereocenters. The van der Waals surface area contributed by atoms with E-state index in [-0.39, 0.29) is 42.0 Å². The van der Waals surface area contributed by atoms with Crippen molar-refractivity contribution >= 4 is 17.5 Å². The highest BCUT2D eigenvalue weighted by atomic mass is 19.1. The lowest BCUT2D eigenvalue weighted by molar-refractivity contribution is -0.130. The van der Waals surface area contributed by atoms with E-state index in [1.807, 2.05) is 11.9 Å². The van der Waals surface area contributed by atoms with Gasteiger partial charge in [0.25, 0.3) is 0 Å². The molecule has 7 heteroatoms. The number of likely N-dealkylation sites (N-methyl/N-ethyl adjacent to an activating group) is 1. The second kappa shape index (κ2) is 7.55. The van der Waals surface area contributed by atoms with Gasteiger partial charge in [0.1, 0.15) is 11.6 Å². The zero-order chi connectivity index (χ0) is 20.6. The molecule has 2 aliphatic rings. The summed E-state index contributed by atoms with van der Waals surface area (Å²) in [7, 11) is 1.89. The molecule has 29 heavy (non-hydrogen) atoms. The molecule has 0 aliphatic carbocycles. The van der Waals surface area contributed by atoms with Gasteiger partial charge in [0.15, 0.2) is 0 Å². The van der Waals surface area contributed by atoms with E-state index < -0.39 is 0 Å². The van der Waals surface area contributed by atoms with Crippen molar-refractivity contribution in [1.29, 1.82) is 0 Å². The average Bonchev–Trinajstić information content (AvgIpc) is 3.10. The molecule has 2 fully saturated rings. The summed E-state index contributed by atoms with van der Waals surface area (Å²) < 4.78 is 27.1. The highest BCUT2D eigenvalue weighted by molar-refractivity contribution is 5.96. The lowest BCUT2D eigenvalue weighted by Crippen LogP contribution is -2.64. The Morgan fingerprint density at radius 1 is 1.07 bits per heavy atom. The van der Waals surface area contributed by atoms with Crippen LogP contribution in [-0.2, 0) is 16.0 Å². The van der Waals surface area contributed by atoms with E-state index in [1.165, 1.54) is 24.3 Å². The number of hydrogen-bond acceptors (Lipinski definition) is 3. The zero-order valence-electron chi connectivity index (χ0n) is 16.3. The fourth-order valence-electron chi connectivity index (χ4n) is 4.28. The van der Waals surface area contributed by atoms with Gasteiger partial charge in [0, 0.05) is 25.3 Å². The van der Waals surface area contributed by atoms with Crippen LogP contribution in [0.5, 0.6) is 0 Å². The Balaban J connectivity index is 1.50. The van der Waals surface area contributed by atoms with Gasteiger partial charge in [-0.3, -0.25) is 14.5 Å². The fraction of sp³-hybridized carbons (Fsp3) is 0.364. The first kappa shape index (κ1) is 19.5. The number of rotatable bonds is 3. The van der Waals surface area contributed by atoms with E-state index >= 15 is 0 Å². The van der Waals surface area contributed by atoms with E-state index in [1.54, 1.807) is 34.1 Å². The molecule has 2 aromatic carbocycles. The predicted octanol–water partition coefficient (Wildman–Crippen LogP) is 2.46. The maximum absolute atomic E-state index is 13.7. The fourth-order valence-corrected chi connectivity index (χ4v) is 4.28. The summed E-state index contributed by atoms with van der Waals surface area (Å²) in [6, 6.07) is 12.1. The first-order valence-corrected chi connectivity index (χ1v) is 9.66. The van der Waals surface area contributed by atoms with Crippen LogP contribution in [-0.4, -0.2) is 60.4 Å². The molecule has 2 heterocycles. The van der Waals surface area contributed by atoms with Crippen molar-refractivity contribution in [1.82, 2.24) is 9.80 Å². The largest absolute Gasteiger partial charge is 0.340 e. The van der Waals surface area contributed by atoms with Crippen LogP contribution in [0, 0.1) is 11.6 Å². The molecule has 0 N–H and O–H groups in total. The van der Waals surface area contributed by atoms with Crippen LogP contribution >= 0.6 is 0 Å². The number of carbonyl (C=O) groups excluding carboxylic acids is 2. The van der Waals surface area contributed by atoms with Crippen molar-refractivity contribution in [3.05, 3.63) is 65.7 Å². The summed E-state index contributed by atoms with van der Waals surface area (Å²) in [5.41, 5.74) is 0.800. The van der Waals surface area contributed by atoms with Crippen LogP contribution in [0.4, 0.5) is 14.5 Å². The summed E-state index contributed by atoms with van der Waals surface area (Å²) in [4.78, 5) is 30.8. The van der Waals surface area contributed by atoms with Gasteiger partial charge < -0.3 is 9.80 Å². The molecule has 1 spiro atoms. The minimum atomic E-state index is -0.387. The Labute approximate surface area is 168 Å². The highest BCUT2D eigenvalue weighted by Crippen LogP contribution is 2.33. The number of halogens is 2. The van der Waals surface area contributed by atoms with E-state index in [0.717, 1.165) is 6.42 Å². The van der Waals surface area contributed by atoms with Gasteiger partial charge in [-0.1, -0.05) is 18.2 Å². The highest BCUT2D eigenvalue weighted by Gasteiger charge is 2.48. The summed E-state index contributed by atoms with van der Waals surface area (Å²) in [6.07, 6.45) is 0.863. The second-order valence-electron chi connectivity index (χ2n) is 7.91. The van der Waals surface area contributed by atoms with Crippen molar-refractivity contribution in [2.45, 2.75) is 18.4 Å². The summed E-state index contributed by atoms with van der Waals surface area (Å²) >= 11 is 0. The van der Waals surface area contributed by atoms with Gasteiger partial charge in [0.05, 0.1) is 18.5 Å². The zero-order valence-corrected chi connectivity index (χ0v) is 16.3. The number of benzene rings is 2. The van der Waals surface area contributed by atoms with Crippen LogP contribution in [0.25, 0.3) is 0 Å². The monoisotopic (exact) mass is 399 g/mol. The number of piperazine rings is 1. The minimum Gasteiger partial charge on any atom is -0.340 e. The molecule has 2 aliphatic heterocycles. The molecule has 2 aromatic rings. The lowest BCUT2D eigenvalue weighted by atomic mass is 9.92. The Morgan fingerprint density at radius 2 is 1.79 bits per heavy atom. The molecule has 5 nitrogen and oxygen atoms in total. The summed E-state index contributed by atoms with van der Waals surface area (Å²) in [6.45, 7) is 1.67. The Morgan fingerprint density at radius 3 is 2.52 bits per heavy atom. The molecule has 0 aromatic heterocycles. The Kier molecular flexibility index (Phi) is 5.08. The van der Waals surface area contributed by atoms with E-state index in [9.17, 15) is 18.4 Å². The third-order valence-electron chi connectivity index (χ3n) is 5.98. The number of carbonyl (C=O) groups is 2. The smallest absolute Gasteiger partial charge is 0.241 e. The quantitative estimate of drug-likeness (QED) is 0.797.